The molecule has 49 heavy (non-hydrogen) atoms. The fourth-order valence-electron chi connectivity index (χ4n) is 5.43. The van der Waals surface area contributed by atoms with Crippen molar-refractivity contribution < 1.29 is 23.8 Å². The molecule has 1 atom stereocenters. The first-order valence-corrected chi connectivity index (χ1v) is 18.0. The number of thioether (sulfide) groups is 1. The highest BCUT2D eigenvalue weighted by Crippen LogP contribution is 2.43. The number of methoxy groups -OCH3 is 1. The number of allylic oxidation sites excluding steroid dienone is 1. The Balaban J connectivity index is 1.54. The first-order valence-electron chi connectivity index (χ1n) is 15.8. The zero-order valence-corrected chi connectivity index (χ0v) is 31.0. The monoisotopic (exact) mass is 768 g/mol. The van der Waals surface area contributed by atoms with E-state index in [1.54, 1.807) is 27.8 Å². The molecule has 1 aliphatic heterocycles. The molecule has 1 aliphatic rings. The van der Waals surface area contributed by atoms with Crippen molar-refractivity contribution >= 4 is 62.7 Å². The van der Waals surface area contributed by atoms with Crippen molar-refractivity contribution in [1.29, 1.82) is 0 Å². The van der Waals surface area contributed by atoms with Crippen molar-refractivity contribution in [3.8, 4) is 17.2 Å². The Bertz CT molecular complexity index is 1860. The number of carbonyl (C=O) groups excluding carboxylic acids is 2. The van der Waals surface area contributed by atoms with Crippen molar-refractivity contribution in [3.63, 3.8) is 0 Å². The molecular formula is C35H38BrClN6O5S. The normalized spacial score (nSPS) is 13.7. The number of fused-ring (bicyclic) bond motifs is 1. The van der Waals surface area contributed by atoms with Crippen LogP contribution in [0.15, 0.2) is 81.6 Å². The Morgan fingerprint density at radius 3 is 2.51 bits per heavy atom. The molecule has 0 spiro atoms. The second-order valence-electron chi connectivity index (χ2n) is 10.9. The second-order valence-corrected chi connectivity index (χ2v) is 13.1. The van der Waals surface area contributed by atoms with Gasteiger partial charge in [0.1, 0.15) is 11.8 Å². The highest BCUT2D eigenvalue weighted by atomic mass is 79.9. The van der Waals surface area contributed by atoms with Gasteiger partial charge in [-0.2, -0.15) is 4.98 Å². The standard InChI is InChI=1S/C35H38BrClN6O5S/c1-6-42(7-2)29(44)19-48-32-24(36)17-23(18-28(32)46-5)31-30(33(45)39-26-15-11-12-16-27(26)47-8-3)21(4)38-34-40-35(41-43(31)34)49-20-22-13-9-10-14-25(22)37/h9-18,31H,6-8,19-20H2,1-5H3,(H,39,45)(H,38,40,41). The third-order valence-electron chi connectivity index (χ3n) is 7.85. The van der Waals surface area contributed by atoms with Crippen LogP contribution in [0.4, 0.5) is 11.6 Å². The number of benzene rings is 3. The quantitative estimate of drug-likeness (QED) is 0.125. The lowest BCUT2D eigenvalue weighted by Gasteiger charge is -2.29. The van der Waals surface area contributed by atoms with E-state index in [-0.39, 0.29) is 18.4 Å². The topological polar surface area (TPSA) is 120 Å². The van der Waals surface area contributed by atoms with Gasteiger partial charge in [-0.05, 0) is 85.1 Å². The molecule has 0 saturated carbocycles. The molecule has 4 aromatic rings. The van der Waals surface area contributed by atoms with E-state index in [9.17, 15) is 9.59 Å². The molecule has 0 fully saturated rings. The smallest absolute Gasteiger partial charge is 0.260 e. The minimum absolute atomic E-state index is 0.139. The molecule has 5 rings (SSSR count). The van der Waals surface area contributed by atoms with Gasteiger partial charge in [-0.25, -0.2) is 4.68 Å². The Hall–Kier alpha value is -4.20. The van der Waals surface area contributed by atoms with Gasteiger partial charge in [0.15, 0.2) is 18.1 Å². The number of aromatic nitrogens is 3. The number of nitrogens with zero attached hydrogens (tertiary/aromatic N) is 4. The molecular weight excluding hydrogens is 732 g/mol. The number of anilines is 2. The largest absolute Gasteiger partial charge is 0.493 e. The van der Waals surface area contributed by atoms with E-state index in [2.05, 4.69) is 26.6 Å². The van der Waals surface area contributed by atoms with Crippen molar-refractivity contribution in [2.75, 3.05) is 44.0 Å². The first-order chi connectivity index (χ1) is 23.7. The molecule has 14 heteroatoms. The van der Waals surface area contributed by atoms with Gasteiger partial charge in [0.05, 0.1) is 29.4 Å². The van der Waals surface area contributed by atoms with E-state index in [0.717, 1.165) is 5.56 Å². The van der Waals surface area contributed by atoms with E-state index in [4.69, 9.17) is 35.9 Å². The Labute approximate surface area is 303 Å². The maximum atomic E-state index is 14.2. The molecule has 1 unspecified atom stereocenters. The van der Waals surface area contributed by atoms with Crippen LogP contribution in [0.2, 0.25) is 5.02 Å². The summed E-state index contributed by atoms with van der Waals surface area (Å²) in [5.41, 5.74) is 3.17. The summed E-state index contributed by atoms with van der Waals surface area (Å²) in [6, 6.07) is 17.8. The zero-order valence-electron chi connectivity index (χ0n) is 27.9. The maximum absolute atomic E-state index is 14.2. The fourth-order valence-corrected chi connectivity index (χ4v) is 7.12. The van der Waals surface area contributed by atoms with E-state index < -0.39 is 6.04 Å². The molecule has 1 aromatic heterocycles. The van der Waals surface area contributed by atoms with Gasteiger partial charge in [-0.15, -0.1) is 5.10 Å². The molecule has 2 N–H and O–H groups in total. The van der Waals surface area contributed by atoms with Crippen LogP contribution >= 0.6 is 39.3 Å². The molecule has 2 amide bonds. The van der Waals surface area contributed by atoms with E-state index in [1.165, 1.54) is 18.9 Å². The number of carbonyl (C=O) groups is 2. The average molecular weight is 770 g/mol. The fraction of sp³-hybridized carbons (Fsp3) is 0.314. The van der Waals surface area contributed by atoms with Crippen molar-refractivity contribution in [3.05, 3.63) is 92.6 Å². The predicted octanol–water partition coefficient (Wildman–Crippen LogP) is 7.57. The summed E-state index contributed by atoms with van der Waals surface area (Å²) < 4.78 is 19.8. The molecule has 0 saturated heterocycles. The highest BCUT2D eigenvalue weighted by molar-refractivity contribution is 9.10. The van der Waals surface area contributed by atoms with Gasteiger partial charge in [0.25, 0.3) is 11.8 Å². The molecule has 0 aliphatic carbocycles. The van der Waals surface area contributed by atoms with Gasteiger partial charge < -0.3 is 29.7 Å². The minimum atomic E-state index is -0.728. The van der Waals surface area contributed by atoms with E-state index >= 15 is 0 Å². The summed E-state index contributed by atoms with van der Waals surface area (Å²) in [6.07, 6.45) is 0. The predicted molar refractivity (Wildman–Crippen MR) is 196 cm³/mol. The molecule has 0 radical (unpaired) electrons. The number of hydrogen-bond donors (Lipinski definition) is 2. The van der Waals surface area contributed by atoms with Gasteiger partial charge in [-0.3, -0.25) is 9.59 Å². The summed E-state index contributed by atoms with van der Waals surface area (Å²) in [6.45, 7) is 9.00. The number of amides is 2. The van der Waals surface area contributed by atoms with Crippen molar-refractivity contribution in [2.45, 2.75) is 44.6 Å². The van der Waals surface area contributed by atoms with Crippen LogP contribution in [0.3, 0.4) is 0 Å². The number of ether oxygens (including phenoxy) is 3. The van der Waals surface area contributed by atoms with Crippen LogP contribution < -0.4 is 24.8 Å². The highest BCUT2D eigenvalue weighted by Gasteiger charge is 2.36. The lowest BCUT2D eigenvalue weighted by Crippen LogP contribution is -2.34. The summed E-state index contributed by atoms with van der Waals surface area (Å²) in [5, 5.41) is 12.4. The summed E-state index contributed by atoms with van der Waals surface area (Å²) in [5.74, 6) is 1.84. The van der Waals surface area contributed by atoms with Crippen LogP contribution in [0.5, 0.6) is 17.2 Å². The molecule has 0 bridgehead atoms. The number of halogens is 2. The van der Waals surface area contributed by atoms with Gasteiger partial charge in [0.2, 0.25) is 11.1 Å². The molecule has 2 heterocycles. The van der Waals surface area contributed by atoms with Crippen LogP contribution in [0.1, 0.15) is 44.9 Å². The van der Waals surface area contributed by atoms with Gasteiger partial charge in [-0.1, -0.05) is 53.7 Å². The number of hydrogen-bond acceptors (Lipinski definition) is 9. The minimum Gasteiger partial charge on any atom is -0.493 e. The third-order valence-corrected chi connectivity index (χ3v) is 9.70. The Morgan fingerprint density at radius 1 is 1.06 bits per heavy atom. The first kappa shape index (κ1) is 36.1. The maximum Gasteiger partial charge on any atom is 0.260 e. The summed E-state index contributed by atoms with van der Waals surface area (Å²) in [4.78, 5) is 33.4. The Morgan fingerprint density at radius 2 is 1.80 bits per heavy atom. The number of rotatable bonds is 14. The lowest BCUT2D eigenvalue weighted by atomic mass is 9.94. The third kappa shape index (κ3) is 8.17. The molecule has 3 aromatic carbocycles. The van der Waals surface area contributed by atoms with E-state index in [0.29, 0.717) is 85.8 Å². The van der Waals surface area contributed by atoms with Crippen LogP contribution in [0, 0.1) is 0 Å². The molecule has 258 valence electrons. The number of nitrogens with one attached hydrogen (secondary N) is 2. The zero-order chi connectivity index (χ0) is 35.1. The van der Waals surface area contributed by atoms with E-state index in [1.807, 2.05) is 70.2 Å². The number of likely N-dealkylation sites (N-methyl/N-ethyl adjacent to an activating group) is 1. The average Bonchev–Trinajstić information content (AvgIpc) is 3.50. The second kappa shape index (κ2) is 16.5. The van der Waals surface area contributed by atoms with Gasteiger partial charge in [0, 0.05) is 29.6 Å². The summed E-state index contributed by atoms with van der Waals surface area (Å²) in [7, 11) is 1.52. The SMILES string of the molecule is CCOc1ccccc1NC(=O)C1=C(C)Nc2nc(SCc3ccccc3Cl)nn2C1c1cc(Br)c(OCC(=O)N(CC)CC)c(OC)c1. The van der Waals surface area contributed by atoms with Crippen LogP contribution in [-0.2, 0) is 15.3 Å². The molecule has 11 nitrogen and oxygen atoms in total. The van der Waals surface area contributed by atoms with Crippen LogP contribution in [0.25, 0.3) is 0 Å². The van der Waals surface area contributed by atoms with Crippen molar-refractivity contribution in [2.24, 2.45) is 0 Å². The summed E-state index contributed by atoms with van der Waals surface area (Å²) >= 11 is 11.5. The van der Waals surface area contributed by atoms with Crippen molar-refractivity contribution in [1.82, 2.24) is 19.7 Å². The van der Waals surface area contributed by atoms with Crippen LogP contribution in [-0.4, -0.2) is 64.9 Å². The number of para-hydroxylation sites is 2. The lowest BCUT2D eigenvalue weighted by molar-refractivity contribution is -0.133. The van der Waals surface area contributed by atoms with Gasteiger partial charge >= 0.3 is 0 Å². The Kier molecular flexibility index (Phi) is 12.1.